The Balaban J connectivity index is 2.02. The van der Waals surface area contributed by atoms with Crippen molar-refractivity contribution in [1.29, 1.82) is 0 Å². The zero-order chi connectivity index (χ0) is 12.5. The van der Waals surface area contributed by atoms with Gasteiger partial charge < -0.3 is 5.73 Å². The summed E-state index contributed by atoms with van der Waals surface area (Å²) in [5.41, 5.74) is 9.70. The first-order valence-electron chi connectivity index (χ1n) is 6.22. The fourth-order valence-electron chi connectivity index (χ4n) is 2.70. The number of hydrogen-bond acceptors (Lipinski definition) is 2. The Bertz CT molecular complexity index is 580. The molecule has 0 radical (unpaired) electrons. The SMILES string of the molecule is NCc1cc(C2CCc3cccnc32)ccc1F. The van der Waals surface area contributed by atoms with Crippen LogP contribution in [-0.4, -0.2) is 4.98 Å². The predicted octanol–water partition coefficient (Wildman–Crippen LogP) is 2.76. The van der Waals surface area contributed by atoms with Gasteiger partial charge in [-0.2, -0.15) is 0 Å². The standard InChI is InChI=1S/C15H15FN2/c16-14-6-4-11(8-12(14)9-17)13-5-3-10-2-1-7-18-15(10)13/h1-2,4,6-8,13H,3,5,9,17H2. The molecule has 1 aliphatic carbocycles. The molecule has 92 valence electrons. The largest absolute Gasteiger partial charge is 0.326 e. The summed E-state index contributed by atoms with van der Waals surface area (Å²) in [6.07, 6.45) is 3.91. The molecule has 18 heavy (non-hydrogen) atoms. The number of benzene rings is 1. The maximum absolute atomic E-state index is 13.5. The number of fused-ring (bicyclic) bond motifs is 1. The van der Waals surface area contributed by atoms with E-state index in [1.807, 2.05) is 24.4 Å². The van der Waals surface area contributed by atoms with Crippen molar-refractivity contribution in [3.63, 3.8) is 0 Å². The van der Waals surface area contributed by atoms with Gasteiger partial charge in [0, 0.05) is 24.2 Å². The number of hydrogen-bond donors (Lipinski definition) is 1. The average molecular weight is 242 g/mol. The molecular formula is C15H15FN2. The van der Waals surface area contributed by atoms with Crippen molar-refractivity contribution in [3.8, 4) is 0 Å². The summed E-state index contributed by atoms with van der Waals surface area (Å²) < 4.78 is 13.5. The van der Waals surface area contributed by atoms with E-state index in [1.165, 1.54) is 11.6 Å². The molecule has 1 aromatic heterocycles. The molecule has 0 aliphatic heterocycles. The summed E-state index contributed by atoms with van der Waals surface area (Å²) in [5.74, 6) is 0.0626. The van der Waals surface area contributed by atoms with E-state index in [0.29, 0.717) is 5.56 Å². The summed E-state index contributed by atoms with van der Waals surface area (Å²) >= 11 is 0. The lowest BCUT2D eigenvalue weighted by Crippen LogP contribution is -2.04. The van der Waals surface area contributed by atoms with Crippen molar-refractivity contribution in [3.05, 3.63) is 64.7 Å². The van der Waals surface area contributed by atoms with Crippen LogP contribution in [0.1, 0.15) is 34.7 Å². The summed E-state index contributed by atoms with van der Waals surface area (Å²) in [4.78, 5) is 4.47. The third-order valence-corrected chi connectivity index (χ3v) is 3.65. The monoisotopic (exact) mass is 242 g/mol. The topological polar surface area (TPSA) is 38.9 Å². The number of halogens is 1. The zero-order valence-electron chi connectivity index (χ0n) is 10.1. The van der Waals surface area contributed by atoms with Crippen molar-refractivity contribution in [2.45, 2.75) is 25.3 Å². The van der Waals surface area contributed by atoms with Crippen LogP contribution in [0.5, 0.6) is 0 Å². The summed E-state index contributed by atoms with van der Waals surface area (Å²) in [5, 5.41) is 0. The molecule has 2 N–H and O–H groups in total. The molecule has 3 rings (SSSR count). The predicted molar refractivity (Wildman–Crippen MR) is 68.7 cm³/mol. The highest BCUT2D eigenvalue weighted by Gasteiger charge is 2.25. The molecule has 1 heterocycles. The molecule has 1 aliphatic rings. The van der Waals surface area contributed by atoms with E-state index in [-0.39, 0.29) is 18.3 Å². The molecule has 0 spiro atoms. The molecule has 2 aromatic rings. The Morgan fingerprint density at radius 3 is 3.06 bits per heavy atom. The number of nitrogens with zero attached hydrogens (tertiary/aromatic N) is 1. The van der Waals surface area contributed by atoms with Crippen LogP contribution in [0.15, 0.2) is 36.5 Å². The van der Waals surface area contributed by atoms with E-state index in [0.717, 1.165) is 24.1 Å². The van der Waals surface area contributed by atoms with Gasteiger partial charge in [0.25, 0.3) is 0 Å². The van der Waals surface area contributed by atoms with E-state index >= 15 is 0 Å². The van der Waals surface area contributed by atoms with Crippen molar-refractivity contribution < 1.29 is 4.39 Å². The maximum Gasteiger partial charge on any atom is 0.127 e. The Labute approximate surface area is 106 Å². The van der Waals surface area contributed by atoms with Gasteiger partial charge in [0.15, 0.2) is 0 Å². The first kappa shape index (κ1) is 11.4. The quantitative estimate of drug-likeness (QED) is 0.879. The van der Waals surface area contributed by atoms with Crippen molar-refractivity contribution in [2.24, 2.45) is 5.73 Å². The molecule has 0 saturated heterocycles. The van der Waals surface area contributed by atoms with E-state index in [2.05, 4.69) is 11.1 Å². The molecule has 1 atom stereocenters. The summed E-state index contributed by atoms with van der Waals surface area (Å²) in [6, 6.07) is 9.33. The Morgan fingerprint density at radius 2 is 2.22 bits per heavy atom. The van der Waals surface area contributed by atoms with Gasteiger partial charge in [0.05, 0.1) is 5.69 Å². The van der Waals surface area contributed by atoms with Crippen molar-refractivity contribution >= 4 is 0 Å². The molecule has 0 fully saturated rings. The molecule has 1 aromatic carbocycles. The van der Waals surface area contributed by atoms with Gasteiger partial charge in [-0.3, -0.25) is 4.98 Å². The minimum Gasteiger partial charge on any atom is -0.326 e. The Kier molecular flexibility index (Phi) is 2.84. The van der Waals surface area contributed by atoms with E-state index < -0.39 is 0 Å². The first-order valence-corrected chi connectivity index (χ1v) is 6.22. The molecule has 2 nitrogen and oxygen atoms in total. The molecule has 0 bridgehead atoms. The third kappa shape index (κ3) is 1.81. The smallest absolute Gasteiger partial charge is 0.127 e. The minimum absolute atomic E-state index is 0.222. The van der Waals surface area contributed by atoms with Gasteiger partial charge in [-0.25, -0.2) is 4.39 Å². The highest BCUT2D eigenvalue weighted by molar-refractivity contribution is 5.39. The fourth-order valence-corrected chi connectivity index (χ4v) is 2.70. The molecule has 0 amide bonds. The van der Waals surface area contributed by atoms with Crippen LogP contribution in [0.4, 0.5) is 4.39 Å². The Morgan fingerprint density at radius 1 is 1.33 bits per heavy atom. The van der Waals surface area contributed by atoms with Gasteiger partial charge in [-0.1, -0.05) is 18.2 Å². The van der Waals surface area contributed by atoms with E-state index in [4.69, 9.17) is 5.73 Å². The van der Waals surface area contributed by atoms with Crippen LogP contribution in [-0.2, 0) is 13.0 Å². The van der Waals surface area contributed by atoms with Crippen LogP contribution in [0.2, 0.25) is 0 Å². The fraction of sp³-hybridized carbons (Fsp3) is 0.267. The second-order valence-corrected chi connectivity index (χ2v) is 4.69. The molecular weight excluding hydrogens is 227 g/mol. The van der Waals surface area contributed by atoms with Gasteiger partial charge in [0.2, 0.25) is 0 Å². The number of aryl methyl sites for hydroxylation is 1. The van der Waals surface area contributed by atoms with Crippen molar-refractivity contribution in [1.82, 2.24) is 4.98 Å². The van der Waals surface area contributed by atoms with Crippen LogP contribution >= 0.6 is 0 Å². The maximum atomic E-state index is 13.5. The first-order chi connectivity index (χ1) is 8.79. The normalized spacial score (nSPS) is 17.8. The van der Waals surface area contributed by atoms with E-state index in [9.17, 15) is 4.39 Å². The number of aromatic nitrogens is 1. The number of nitrogens with two attached hydrogens (primary N) is 1. The van der Waals surface area contributed by atoms with Crippen molar-refractivity contribution in [2.75, 3.05) is 0 Å². The lowest BCUT2D eigenvalue weighted by atomic mass is 9.95. The molecule has 0 saturated carbocycles. The van der Waals surface area contributed by atoms with Gasteiger partial charge >= 0.3 is 0 Å². The summed E-state index contributed by atoms with van der Waals surface area (Å²) in [7, 11) is 0. The van der Waals surface area contributed by atoms with Gasteiger partial charge in [-0.05, 0) is 36.1 Å². The summed E-state index contributed by atoms with van der Waals surface area (Å²) in [6.45, 7) is 0.238. The minimum atomic E-state index is -0.222. The Hall–Kier alpha value is -1.74. The number of pyridine rings is 1. The third-order valence-electron chi connectivity index (χ3n) is 3.65. The van der Waals surface area contributed by atoms with Crippen LogP contribution < -0.4 is 5.73 Å². The average Bonchev–Trinajstić information content (AvgIpc) is 2.83. The number of rotatable bonds is 2. The van der Waals surface area contributed by atoms with Gasteiger partial charge in [-0.15, -0.1) is 0 Å². The molecule has 1 unspecified atom stereocenters. The van der Waals surface area contributed by atoms with E-state index in [1.54, 1.807) is 0 Å². The second-order valence-electron chi connectivity index (χ2n) is 4.69. The lowest BCUT2D eigenvalue weighted by molar-refractivity contribution is 0.608. The lowest BCUT2D eigenvalue weighted by Gasteiger charge is -2.12. The zero-order valence-corrected chi connectivity index (χ0v) is 10.1. The molecule has 3 heteroatoms. The highest BCUT2D eigenvalue weighted by Crippen LogP contribution is 2.36. The van der Waals surface area contributed by atoms with Crippen LogP contribution in [0.3, 0.4) is 0 Å². The highest BCUT2D eigenvalue weighted by atomic mass is 19.1. The van der Waals surface area contributed by atoms with Crippen LogP contribution in [0, 0.1) is 5.82 Å². The van der Waals surface area contributed by atoms with Gasteiger partial charge in [0.1, 0.15) is 5.82 Å². The second kappa shape index (κ2) is 4.50. The van der Waals surface area contributed by atoms with Crippen LogP contribution in [0.25, 0.3) is 0 Å².